The van der Waals surface area contributed by atoms with E-state index in [1.165, 1.54) is 5.56 Å². The van der Waals surface area contributed by atoms with Gasteiger partial charge < -0.3 is 9.64 Å². The lowest BCUT2D eigenvalue weighted by Crippen LogP contribution is -2.46. The Kier molecular flexibility index (Phi) is 7.84. The van der Waals surface area contributed by atoms with Crippen LogP contribution in [0.1, 0.15) is 37.8 Å². The zero-order valence-electron chi connectivity index (χ0n) is 18.1. The van der Waals surface area contributed by atoms with Gasteiger partial charge in [-0.2, -0.15) is 0 Å². The predicted octanol–water partition coefficient (Wildman–Crippen LogP) is 4.70. The minimum absolute atomic E-state index is 0.648. The normalized spacial score (nSPS) is 15.9. The number of benzene rings is 2. The van der Waals surface area contributed by atoms with Crippen LogP contribution in [-0.2, 0) is 21.2 Å². The molecule has 1 aliphatic heterocycles. The molecule has 0 saturated carbocycles. The summed E-state index contributed by atoms with van der Waals surface area (Å²) in [6, 6.07) is 16.5. The van der Waals surface area contributed by atoms with Crippen LogP contribution in [0.5, 0.6) is 5.75 Å². The first-order valence-corrected chi connectivity index (χ1v) is 11.7. The summed E-state index contributed by atoms with van der Waals surface area (Å²) in [5.41, 5.74) is 2.64. The fourth-order valence-corrected chi connectivity index (χ4v) is 4.86. The molecular formula is C23H32N2O4P+. The van der Waals surface area contributed by atoms with E-state index in [9.17, 15) is 9.46 Å². The maximum Gasteiger partial charge on any atom is 0.695 e. The number of para-hydroxylation sites is 2. The number of hydrogen-bond donors (Lipinski definition) is 1. The van der Waals surface area contributed by atoms with E-state index < -0.39 is 13.9 Å². The molecule has 0 aromatic heterocycles. The Labute approximate surface area is 180 Å². The second-order valence-electron chi connectivity index (χ2n) is 7.66. The molecule has 6 nitrogen and oxygen atoms in total. The van der Waals surface area contributed by atoms with Crippen molar-refractivity contribution in [1.82, 2.24) is 4.90 Å². The molecule has 1 atom stereocenters. The Balaban J connectivity index is 1.61. The number of nitrogens with zero attached hydrogens (tertiary/aromatic N) is 2. The van der Waals surface area contributed by atoms with Gasteiger partial charge in [-0.05, 0) is 36.1 Å². The van der Waals surface area contributed by atoms with E-state index in [4.69, 9.17) is 9.26 Å². The van der Waals surface area contributed by atoms with Crippen LogP contribution in [0, 0.1) is 0 Å². The molecule has 0 amide bonds. The second-order valence-corrected chi connectivity index (χ2v) is 8.32. The van der Waals surface area contributed by atoms with Gasteiger partial charge in [-0.3, -0.25) is 4.90 Å². The predicted molar refractivity (Wildman–Crippen MR) is 120 cm³/mol. The quantitative estimate of drug-likeness (QED) is 0.581. The molecule has 1 N–H and O–H groups in total. The van der Waals surface area contributed by atoms with E-state index in [-0.39, 0.29) is 0 Å². The standard InChI is InChI=1S/C23H31N2O4P/c1-4-23(5-2,29-30(26)27)20-12-10-19(11-13-20)18-24-14-16-25(17-15-24)21-8-6-7-9-22(21)28-3/h6-13H,4-5,14-18H2,1-3H3/p+1. The average Bonchev–Trinajstić information content (AvgIpc) is 2.78. The van der Waals surface area contributed by atoms with Crippen molar-refractivity contribution in [3.05, 3.63) is 59.7 Å². The average molecular weight is 431 g/mol. The topological polar surface area (TPSA) is 62.2 Å². The molecule has 0 bridgehead atoms. The Morgan fingerprint density at radius 2 is 1.63 bits per heavy atom. The molecule has 162 valence electrons. The van der Waals surface area contributed by atoms with Crippen molar-refractivity contribution in [3.63, 3.8) is 0 Å². The summed E-state index contributed by atoms with van der Waals surface area (Å²) in [7, 11) is -0.928. The van der Waals surface area contributed by atoms with E-state index in [1.54, 1.807) is 7.11 Å². The van der Waals surface area contributed by atoms with Gasteiger partial charge in [0.25, 0.3) is 0 Å². The lowest BCUT2D eigenvalue weighted by molar-refractivity contribution is 0.0536. The fourth-order valence-electron chi connectivity index (χ4n) is 4.20. The molecule has 1 fully saturated rings. The summed E-state index contributed by atoms with van der Waals surface area (Å²) in [6.07, 6.45) is 1.30. The third kappa shape index (κ3) is 5.19. The van der Waals surface area contributed by atoms with Gasteiger partial charge in [0.1, 0.15) is 5.75 Å². The highest BCUT2D eigenvalue weighted by atomic mass is 31.1. The summed E-state index contributed by atoms with van der Waals surface area (Å²) >= 11 is 0. The van der Waals surface area contributed by atoms with Gasteiger partial charge in [0, 0.05) is 37.3 Å². The van der Waals surface area contributed by atoms with E-state index in [0.717, 1.165) is 49.7 Å². The molecule has 0 aliphatic carbocycles. The van der Waals surface area contributed by atoms with Crippen LogP contribution >= 0.6 is 8.25 Å². The zero-order valence-corrected chi connectivity index (χ0v) is 19.0. The van der Waals surface area contributed by atoms with Gasteiger partial charge in [0.2, 0.25) is 0 Å². The van der Waals surface area contributed by atoms with E-state index in [0.29, 0.717) is 12.8 Å². The molecule has 3 rings (SSSR count). The van der Waals surface area contributed by atoms with Crippen molar-refractivity contribution >= 4 is 13.9 Å². The van der Waals surface area contributed by atoms with E-state index in [2.05, 4.69) is 34.1 Å². The minimum atomic E-state index is -2.64. The van der Waals surface area contributed by atoms with Crippen molar-refractivity contribution in [2.75, 3.05) is 38.2 Å². The van der Waals surface area contributed by atoms with Crippen LogP contribution in [0.2, 0.25) is 0 Å². The first-order chi connectivity index (χ1) is 14.5. The maximum absolute atomic E-state index is 11.3. The number of piperazine rings is 1. The van der Waals surface area contributed by atoms with Crippen LogP contribution in [0.4, 0.5) is 5.69 Å². The molecule has 2 aromatic carbocycles. The zero-order chi connectivity index (χ0) is 21.6. The van der Waals surface area contributed by atoms with Crippen LogP contribution in [-0.4, -0.2) is 43.1 Å². The van der Waals surface area contributed by atoms with Crippen molar-refractivity contribution in [1.29, 1.82) is 0 Å². The molecule has 30 heavy (non-hydrogen) atoms. The number of rotatable bonds is 9. The highest BCUT2D eigenvalue weighted by Gasteiger charge is 2.39. The fraction of sp³-hybridized carbons (Fsp3) is 0.478. The monoisotopic (exact) mass is 431 g/mol. The Morgan fingerprint density at radius 3 is 2.20 bits per heavy atom. The molecule has 2 aromatic rings. The summed E-state index contributed by atoms with van der Waals surface area (Å²) in [6.45, 7) is 8.76. The summed E-state index contributed by atoms with van der Waals surface area (Å²) < 4.78 is 22.2. The smallest absolute Gasteiger partial charge is 0.495 e. The second kappa shape index (κ2) is 10.4. The van der Waals surface area contributed by atoms with Gasteiger partial charge >= 0.3 is 8.25 Å². The lowest BCUT2D eigenvalue weighted by Gasteiger charge is -2.36. The molecule has 0 radical (unpaired) electrons. The van der Waals surface area contributed by atoms with Gasteiger partial charge in [0.05, 0.1) is 12.8 Å². The highest BCUT2D eigenvalue weighted by Crippen LogP contribution is 2.40. The van der Waals surface area contributed by atoms with Crippen molar-refractivity contribution in [2.45, 2.75) is 38.8 Å². The number of methoxy groups -OCH3 is 1. The first kappa shape index (κ1) is 22.7. The molecule has 7 heteroatoms. The number of anilines is 1. The van der Waals surface area contributed by atoms with Crippen LogP contribution in [0.3, 0.4) is 0 Å². The molecule has 1 heterocycles. The minimum Gasteiger partial charge on any atom is -0.495 e. The maximum atomic E-state index is 11.3. The first-order valence-electron chi connectivity index (χ1n) is 10.6. The third-order valence-corrected chi connectivity index (χ3v) is 6.59. The van der Waals surface area contributed by atoms with Gasteiger partial charge in [-0.25, -0.2) is 0 Å². The summed E-state index contributed by atoms with van der Waals surface area (Å²) in [4.78, 5) is 14.1. The summed E-state index contributed by atoms with van der Waals surface area (Å²) in [5, 5.41) is 0. The Morgan fingerprint density at radius 1 is 1.00 bits per heavy atom. The molecule has 1 unspecified atom stereocenters. The van der Waals surface area contributed by atoms with Crippen molar-refractivity contribution in [2.24, 2.45) is 0 Å². The SMILES string of the molecule is CCC(CC)(O[P+](=O)O)c1ccc(CN2CCN(c3ccccc3OC)CC2)cc1. The van der Waals surface area contributed by atoms with Crippen LogP contribution in [0.15, 0.2) is 48.5 Å². The van der Waals surface area contributed by atoms with Crippen molar-refractivity contribution < 1.29 is 18.7 Å². The van der Waals surface area contributed by atoms with Crippen molar-refractivity contribution in [3.8, 4) is 5.75 Å². The van der Waals surface area contributed by atoms with Crippen LogP contribution in [0.25, 0.3) is 0 Å². The molecule has 1 saturated heterocycles. The summed E-state index contributed by atoms with van der Waals surface area (Å²) in [5.74, 6) is 0.920. The number of ether oxygens (including phenoxy) is 1. The molecule has 1 aliphatic rings. The molecular weight excluding hydrogens is 399 g/mol. The highest BCUT2D eigenvalue weighted by molar-refractivity contribution is 7.32. The third-order valence-electron chi connectivity index (χ3n) is 6.08. The Bertz CT molecular complexity index is 831. The van der Waals surface area contributed by atoms with Gasteiger partial charge in [0.15, 0.2) is 5.60 Å². The largest absolute Gasteiger partial charge is 0.695 e. The van der Waals surface area contributed by atoms with Gasteiger partial charge in [-0.15, -0.1) is 9.42 Å². The lowest BCUT2D eigenvalue weighted by atomic mass is 9.88. The van der Waals surface area contributed by atoms with E-state index in [1.807, 2.05) is 38.1 Å². The van der Waals surface area contributed by atoms with Crippen LogP contribution < -0.4 is 9.64 Å². The Hall–Kier alpha value is -1.98. The number of hydrogen-bond acceptors (Lipinski definition) is 5. The molecule has 0 spiro atoms. The van der Waals surface area contributed by atoms with E-state index >= 15 is 0 Å². The van der Waals surface area contributed by atoms with Gasteiger partial charge in [-0.1, -0.05) is 50.2 Å².